The minimum Gasteiger partial charge on any atom is -0.496 e. The Labute approximate surface area is 144 Å². The molecule has 2 rings (SSSR count). The van der Waals surface area contributed by atoms with Gasteiger partial charge >= 0.3 is 0 Å². The van der Waals surface area contributed by atoms with Crippen LogP contribution in [0.1, 0.15) is 12.0 Å². The quantitative estimate of drug-likeness (QED) is 0.717. The van der Waals surface area contributed by atoms with Gasteiger partial charge in [-0.2, -0.15) is 0 Å². The third kappa shape index (κ3) is 5.14. The van der Waals surface area contributed by atoms with E-state index in [-0.39, 0.29) is 24.6 Å². The van der Waals surface area contributed by atoms with Gasteiger partial charge in [0.05, 0.1) is 12.8 Å². The molecule has 7 heteroatoms. The van der Waals surface area contributed by atoms with Gasteiger partial charge in [0.1, 0.15) is 5.75 Å². The first-order valence-corrected chi connectivity index (χ1v) is 7.79. The Bertz CT molecular complexity index is 738. The molecule has 0 atom stereocenters. The van der Waals surface area contributed by atoms with Crippen molar-refractivity contribution in [1.82, 2.24) is 5.32 Å². The van der Waals surface area contributed by atoms with Crippen LogP contribution in [0.25, 0.3) is 0 Å². The number of benzene rings is 2. The molecule has 2 N–H and O–H groups in total. The van der Waals surface area contributed by atoms with Gasteiger partial charge in [-0.05, 0) is 30.2 Å². The first-order valence-electron chi connectivity index (χ1n) is 7.79. The third-order valence-electron chi connectivity index (χ3n) is 3.61. The van der Waals surface area contributed by atoms with Crippen LogP contribution in [0.4, 0.5) is 18.9 Å². The molecular weight excluding hydrogens is 333 g/mol. The van der Waals surface area contributed by atoms with Gasteiger partial charge in [0, 0.05) is 19.5 Å². The summed E-state index contributed by atoms with van der Waals surface area (Å²) in [5.74, 6) is -3.56. The summed E-state index contributed by atoms with van der Waals surface area (Å²) in [7, 11) is 1.58. The summed E-state index contributed by atoms with van der Waals surface area (Å²) in [5.41, 5.74) is 0.799. The number of carbonyl (C=O) groups excluding carboxylic acids is 1. The Kier molecular flexibility index (Phi) is 6.68. The number of nitrogens with one attached hydrogen (secondary N) is 2. The Morgan fingerprint density at radius 1 is 1.04 bits per heavy atom. The second kappa shape index (κ2) is 8.96. The van der Waals surface area contributed by atoms with E-state index in [0.29, 0.717) is 13.0 Å². The number of rotatable bonds is 8. The zero-order chi connectivity index (χ0) is 18.2. The number of amides is 1. The van der Waals surface area contributed by atoms with E-state index in [2.05, 4.69) is 10.6 Å². The van der Waals surface area contributed by atoms with Gasteiger partial charge in [-0.15, -0.1) is 0 Å². The van der Waals surface area contributed by atoms with Crippen molar-refractivity contribution in [3.63, 3.8) is 0 Å². The van der Waals surface area contributed by atoms with Crippen LogP contribution in [0.5, 0.6) is 5.75 Å². The summed E-state index contributed by atoms with van der Waals surface area (Å²) < 4.78 is 44.6. The van der Waals surface area contributed by atoms with E-state index < -0.39 is 17.5 Å². The fourth-order valence-electron chi connectivity index (χ4n) is 2.31. The van der Waals surface area contributed by atoms with Crippen molar-refractivity contribution < 1.29 is 22.7 Å². The molecule has 0 aliphatic carbocycles. The number of halogens is 3. The Hall–Kier alpha value is -2.70. The standard InChI is InChI=1S/C18H19F3N2O2/c1-25-15-5-3-2-4-12(15)8-10-23-16(24)9-11-22-14-7-6-13(19)17(20)18(14)21/h2-7,22H,8-11H2,1H3,(H,23,24). The molecule has 0 bridgehead atoms. The molecule has 2 aromatic rings. The highest BCUT2D eigenvalue weighted by atomic mass is 19.2. The molecule has 1 amide bonds. The molecule has 0 spiro atoms. The number of anilines is 1. The average molecular weight is 352 g/mol. The van der Waals surface area contributed by atoms with Crippen LogP contribution in [-0.2, 0) is 11.2 Å². The second-order valence-electron chi connectivity index (χ2n) is 5.31. The molecule has 2 aromatic carbocycles. The molecule has 0 aliphatic rings. The number of para-hydroxylation sites is 1. The van der Waals surface area contributed by atoms with E-state index in [9.17, 15) is 18.0 Å². The fraction of sp³-hybridized carbons (Fsp3) is 0.278. The molecule has 0 aromatic heterocycles. The highest BCUT2D eigenvalue weighted by molar-refractivity contribution is 5.76. The second-order valence-corrected chi connectivity index (χ2v) is 5.31. The smallest absolute Gasteiger partial charge is 0.221 e. The van der Waals surface area contributed by atoms with Crippen molar-refractivity contribution in [2.75, 3.05) is 25.5 Å². The summed E-state index contributed by atoms with van der Waals surface area (Å²) in [6, 6.07) is 9.43. The van der Waals surface area contributed by atoms with Crippen molar-refractivity contribution in [3.8, 4) is 5.75 Å². The minimum atomic E-state index is -1.54. The Morgan fingerprint density at radius 2 is 1.80 bits per heavy atom. The van der Waals surface area contributed by atoms with Crippen molar-refractivity contribution in [2.24, 2.45) is 0 Å². The van der Waals surface area contributed by atoms with Crippen LogP contribution in [0.15, 0.2) is 36.4 Å². The number of carbonyl (C=O) groups is 1. The molecule has 134 valence electrons. The first kappa shape index (κ1) is 18.6. The summed E-state index contributed by atoms with van der Waals surface area (Å²) in [5, 5.41) is 5.32. The minimum absolute atomic E-state index is 0.0738. The molecule has 0 saturated heterocycles. The summed E-state index contributed by atoms with van der Waals surface area (Å²) in [4.78, 5) is 11.8. The van der Waals surface area contributed by atoms with Gasteiger partial charge in [-0.1, -0.05) is 18.2 Å². The van der Waals surface area contributed by atoms with Crippen molar-refractivity contribution >= 4 is 11.6 Å². The summed E-state index contributed by atoms with van der Waals surface area (Å²) in [6.45, 7) is 0.529. The molecule has 0 heterocycles. The molecule has 0 unspecified atom stereocenters. The van der Waals surface area contributed by atoms with Crippen molar-refractivity contribution in [2.45, 2.75) is 12.8 Å². The lowest BCUT2D eigenvalue weighted by Gasteiger charge is -2.10. The van der Waals surface area contributed by atoms with Crippen LogP contribution >= 0.6 is 0 Å². The lowest BCUT2D eigenvalue weighted by Crippen LogP contribution is -2.27. The van der Waals surface area contributed by atoms with Gasteiger partial charge in [0.15, 0.2) is 17.5 Å². The number of methoxy groups -OCH3 is 1. The molecule has 0 radical (unpaired) electrons. The van der Waals surface area contributed by atoms with Crippen molar-refractivity contribution in [1.29, 1.82) is 0 Å². The first-order chi connectivity index (χ1) is 12.0. The van der Waals surface area contributed by atoms with Crippen LogP contribution in [0.2, 0.25) is 0 Å². The van der Waals surface area contributed by atoms with Crippen molar-refractivity contribution in [3.05, 3.63) is 59.4 Å². The lowest BCUT2D eigenvalue weighted by atomic mass is 10.1. The predicted molar refractivity (Wildman–Crippen MR) is 89.1 cm³/mol. The maximum Gasteiger partial charge on any atom is 0.221 e. The molecular formula is C18H19F3N2O2. The largest absolute Gasteiger partial charge is 0.496 e. The monoisotopic (exact) mass is 352 g/mol. The number of hydrogen-bond acceptors (Lipinski definition) is 3. The Balaban J connectivity index is 1.73. The third-order valence-corrected chi connectivity index (χ3v) is 3.61. The fourth-order valence-corrected chi connectivity index (χ4v) is 2.31. The van der Waals surface area contributed by atoms with E-state index >= 15 is 0 Å². The van der Waals surface area contributed by atoms with E-state index in [1.807, 2.05) is 24.3 Å². The zero-order valence-corrected chi connectivity index (χ0v) is 13.7. The van der Waals surface area contributed by atoms with E-state index in [1.54, 1.807) is 7.11 Å². The van der Waals surface area contributed by atoms with E-state index in [1.165, 1.54) is 0 Å². The zero-order valence-electron chi connectivity index (χ0n) is 13.7. The van der Waals surface area contributed by atoms with Gasteiger partial charge in [0.25, 0.3) is 0 Å². The maximum atomic E-state index is 13.5. The maximum absolute atomic E-state index is 13.5. The van der Waals surface area contributed by atoms with E-state index in [0.717, 1.165) is 23.4 Å². The summed E-state index contributed by atoms with van der Waals surface area (Å²) >= 11 is 0. The van der Waals surface area contributed by atoms with Gasteiger partial charge < -0.3 is 15.4 Å². The lowest BCUT2D eigenvalue weighted by molar-refractivity contribution is -0.120. The predicted octanol–water partition coefficient (Wildman–Crippen LogP) is 3.27. The van der Waals surface area contributed by atoms with Gasteiger partial charge in [-0.25, -0.2) is 13.2 Å². The van der Waals surface area contributed by atoms with Crippen LogP contribution in [-0.4, -0.2) is 26.1 Å². The molecule has 4 nitrogen and oxygen atoms in total. The number of ether oxygens (including phenoxy) is 1. The van der Waals surface area contributed by atoms with E-state index in [4.69, 9.17) is 4.74 Å². The average Bonchev–Trinajstić information content (AvgIpc) is 2.62. The normalized spacial score (nSPS) is 10.4. The topological polar surface area (TPSA) is 50.4 Å². The number of hydrogen-bond donors (Lipinski definition) is 2. The molecule has 0 fully saturated rings. The molecule has 0 aliphatic heterocycles. The Morgan fingerprint density at radius 3 is 2.56 bits per heavy atom. The molecule has 0 saturated carbocycles. The highest BCUT2D eigenvalue weighted by Crippen LogP contribution is 2.19. The summed E-state index contributed by atoms with van der Waals surface area (Å²) in [6.07, 6.45) is 0.686. The van der Waals surface area contributed by atoms with Gasteiger partial charge in [-0.3, -0.25) is 4.79 Å². The van der Waals surface area contributed by atoms with Crippen LogP contribution < -0.4 is 15.4 Å². The van der Waals surface area contributed by atoms with Crippen LogP contribution in [0, 0.1) is 17.5 Å². The van der Waals surface area contributed by atoms with Gasteiger partial charge in [0.2, 0.25) is 5.91 Å². The van der Waals surface area contributed by atoms with Crippen LogP contribution in [0.3, 0.4) is 0 Å². The SMILES string of the molecule is COc1ccccc1CCNC(=O)CCNc1ccc(F)c(F)c1F. The molecule has 25 heavy (non-hydrogen) atoms. The highest BCUT2D eigenvalue weighted by Gasteiger charge is 2.13.